The van der Waals surface area contributed by atoms with Crippen LogP contribution < -0.4 is 5.32 Å². The van der Waals surface area contributed by atoms with Crippen molar-refractivity contribution in [2.75, 3.05) is 38.0 Å². The van der Waals surface area contributed by atoms with Gasteiger partial charge in [0, 0.05) is 36.3 Å². The van der Waals surface area contributed by atoms with E-state index >= 15 is 0 Å². The molecule has 116 valence electrons. The highest BCUT2D eigenvalue weighted by atomic mass is 79.9. The summed E-state index contributed by atoms with van der Waals surface area (Å²) in [5, 5.41) is 2.95. The number of hydrogen-bond acceptors (Lipinski definition) is 2. The molecular formula is C16H24BrN3O. The van der Waals surface area contributed by atoms with Crippen molar-refractivity contribution in [2.24, 2.45) is 5.92 Å². The number of hydrogen-bond donors (Lipinski definition) is 1. The molecule has 1 heterocycles. The van der Waals surface area contributed by atoms with E-state index in [4.69, 9.17) is 0 Å². The minimum Gasteiger partial charge on any atom is -0.322 e. The number of nitrogens with one attached hydrogen (secondary N) is 1. The van der Waals surface area contributed by atoms with Crippen LogP contribution in [-0.2, 0) is 0 Å². The van der Waals surface area contributed by atoms with Gasteiger partial charge < -0.3 is 10.2 Å². The molecule has 1 fully saturated rings. The summed E-state index contributed by atoms with van der Waals surface area (Å²) < 4.78 is 1.01. The number of benzene rings is 1. The van der Waals surface area contributed by atoms with E-state index in [1.54, 1.807) is 0 Å². The molecule has 1 aromatic rings. The summed E-state index contributed by atoms with van der Waals surface area (Å²) in [6, 6.07) is 7.67. The molecule has 0 aromatic heterocycles. The second kappa shape index (κ2) is 7.80. The first-order valence-corrected chi connectivity index (χ1v) is 8.38. The topological polar surface area (TPSA) is 35.6 Å². The lowest BCUT2D eigenvalue weighted by Crippen LogP contribution is -2.50. The van der Waals surface area contributed by atoms with Crippen LogP contribution in [0.2, 0.25) is 0 Å². The number of rotatable bonds is 4. The molecule has 0 atom stereocenters. The summed E-state index contributed by atoms with van der Waals surface area (Å²) in [7, 11) is 0. The number of piperazine rings is 1. The third-order valence-electron chi connectivity index (χ3n) is 3.78. The maximum Gasteiger partial charge on any atom is 0.321 e. The summed E-state index contributed by atoms with van der Waals surface area (Å²) in [6.07, 6.45) is 1.23. The van der Waals surface area contributed by atoms with Crippen LogP contribution >= 0.6 is 15.9 Å². The quantitative estimate of drug-likeness (QED) is 0.896. The monoisotopic (exact) mass is 353 g/mol. The van der Waals surface area contributed by atoms with Crippen molar-refractivity contribution in [3.05, 3.63) is 28.7 Å². The third kappa shape index (κ3) is 5.32. The molecule has 0 radical (unpaired) electrons. The highest BCUT2D eigenvalue weighted by molar-refractivity contribution is 9.10. The molecule has 2 rings (SSSR count). The average molecular weight is 354 g/mol. The van der Waals surface area contributed by atoms with E-state index in [-0.39, 0.29) is 6.03 Å². The maximum absolute atomic E-state index is 12.2. The molecule has 5 heteroatoms. The summed E-state index contributed by atoms with van der Waals surface area (Å²) in [5.74, 6) is 0.740. The van der Waals surface area contributed by atoms with Crippen molar-refractivity contribution >= 4 is 27.6 Å². The molecule has 1 N–H and O–H groups in total. The number of amides is 2. The van der Waals surface area contributed by atoms with Crippen molar-refractivity contribution < 1.29 is 4.79 Å². The molecule has 1 saturated heterocycles. The SMILES string of the molecule is CC(C)CCN1CCN(C(=O)Nc2ccc(Br)cc2)CC1. The second-order valence-corrected chi connectivity index (χ2v) is 6.86. The van der Waals surface area contributed by atoms with Crippen molar-refractivity contribution in [3.8, 4) is 0 Å². The van der Waals surface area contributed by atoms with Gasteiger partial charge in [0.15, 0.2) is 0 Å². The Morgan fingerprint density at radius 1 is 1.19 bits per heavy atom. The molecule has 0 aliphatic carbocycles. The molecule has 1 aliphatic heterocycles. The number of nitrogens with zero attached hydrogens (tertiary/aromatic N) is 2. The lowest BCUT2D eigenvalue weighted by Gasteiger charge is -2.35. The Balaban J connectivity index is 1.76. The van der Waals surface area contributed by atoms with Gasteiger partial charge in [-0.15, -0.1) is 0 Å². The largest absolute Gasteiger partial charge is 0.322 e. The van der Waals surface area contributed by atoms with Crippen LogP contribution in [0.5, 0.6) is 0 Å². The predicted molar refractivity (Wildman–Crippen MR) is 90.6 cm³/mol. The zero-order valence-corrected chi connectivity index (χ0v) is 14.4. The van der Waals surface area contributed by atoms with Crippen molar-refractivity contribution in [1.29, 1.82) is 0 Å². The Hall–Kier alpha value is -1.07. The zero-order chi connectivity index (χ0) is 15.2. The Morgan fingerprint density at radius 3 is 2.38 bits per heavy atom. The van der Waals surface area contributed by atoms with Gasteiger partial charge in [-0.25, -0.2) is 4.79 Å². The van der Waals surface area contributed by atoms with E-state index in [2.05, 4.69) is 40.0 Å². The van der Waals surface area contributed by atoms with E-state index in [0.717, 1.165) is 48.8 Å². The van der Waals surface area contributed by atoms with Crippen LogP contribution in [0.3, 0.4) is 0 Å². The van der Waals surface area contributed by atoms with E-state index in [9.17, 15) is 4.79 Å². The number of halogens is 1. The first kappa shape index (κ1) is 16.3. The van der Waals surface area contributed by atoms with Crippen LogP contribution in [0.1, 0.15) is 20.3 Å². The summed E-state index contributed by atoms with van der Waals surface area (Å²) in [5.41, 5.74) is 0.838. The Kier molecular flexibility index (Phi) is 6.06. The van der Waals surface area contributed by atoms with Gasteiger partial charge in [0.25, 0.3) is 0 Å². The van der Waals surface area contributed by atoms with Gasteiger partial charge in [-0.2, -0.15) is 0 Å². The summed E-state index contributed by atoms with van der Waals surface area (Å²) in [6.45, 7) is 9.20. The summed E-state index contributed by atoms with van der Waals surface area (Å²) >= 11 is 3.39. The fourth-order valence-electron chi connectivity index (χ4n) is 2.35. The molecule has 21 heavy (non-hydrogen) atoms. The molecule has 0 unspecified atom stereocenters. The smallest absolute Gasteiger partial charge is 0.321 e. The maximum atomic E-state index is 12.2. The lowest BCUT2D eigenvalue weighted by molar-refractivity contribution is 0.143. The van der Waals surface area contributed by atoms with Crippen molar-refractivity contribution in [1.82, 2.24) is 9.80 Å². The number of carbonyl (C=O) groups excluding carboxylic acids is 1. The summed E-state index contributed by atoms with van der Waals surface area (Å²) in [4.78, 5) is 16.6. The van der Waals surface area contributed by atoms with Crippen LogP contribution in [0, 0.1) is 5.92 Å². The average Bonchev–Trinajstić information content (AvgIpc) is 2.48. The second-order valence-electron chi connectivity index (χ2n) is 5.95. The predicted octanol–water partition coefficient (Wildman–Crippen LogP) is 3.64. The van der Waals surface area contributed by atoms with Crippen LogP contribution in [0.4, 0.5) is 10.5 Å². The first-order chi connectivity index (χ1) is 10.0. The molecule has 1 aliphatic rings. The van der Waals surface area contributed by atoms with Gasteiger partial charge in [0.1, 0.15) is 0 Å². The molecule has 0 spiro atoms. The van der Waals surface area contributed by atoms with Crippen LogP contribution in [0.25, 0.3) is 0 Å². The standard InChI is InChI=1S/C16H24BrN3O/c1-13(2)7-8-19-9-11-20(12-10-19)16(21)18-15-5-3-14(17)4-6-15/h3-6,13H,7-12H2,1-2H3,(H,18,21). The highest BCUT2D eigenvalue weighted by Crippen LogP contribution is 2.15. The molecule has 4 nitrogen and oxygen atoms in total. The van der Waals surface area contributed by atoms with Gasteiger partial charge in [0.05, 0.1) is 0 Å². The van der Waals surface area contributed by atoms with Crippen LogP contribution in [-0.4, -0.2) is 48.6 Å². The van der Waals surface area contributed by atoms with E-state index in [1.807, 2.05) is 29.2 Å². The van der Waals surface area contributed by atoms with Gasteiger partial charge in [-0.05, 0) is 43.1 Å². The van der Waals surface area contributed by atoms with Gasteiger partial charge in [0.2, 0.25) is 0 Å². The van der Waals surface area contributed by atoms with Crippen molar-refractivity contribution in [3.63, 3.8) is 0 Å². The minimum atomic E-state index is 0.000770. The molecule has 0 saturated carbocycles. The Morgan fingerprint density at radius 2 is 1.81 bits per heavy atom. The Labute approximate surface area is 135 Å². The highest BCUT2D eigenvalue weighted by Gasteiger charge is 2.20. The Bertz CT molecular complexity index is 453. The van der Waals surface area contributed by atoms with E-state index < -0.39 is 0 Å². The number of carbonyl (C=O) groups is 1. The van der Waals surface area contributed by atoms with Crippen molar-refractivity contribution in [2.45, 2.75) is 20.3 Å². The van der Waals surface area contributed by atoms with E-state index in [1.165, 1.54) is 6.42 Å². The number of urea groups is 1. The fraction of sp³-hybridized carbons (Fsp3) is 0.562. The van der Waals surface area contributed by atoms with Gasteiger partial charge >= 0.3 is 6.03 Å². The van der Waals surface area contributed by atoms with Crippen LogP contribution in [0.15, 0.2) is 28.7 Å². The molecule has 0 bridgehead atoms. The van der Waals surface area contributed by atoms with Gasteiger partial charge in [-0.1, -0.05) is 29.8 Å². The van der Waals surface area contributed by atoms with E-state index in [0.29, 0.717) is 0 Å². The molecule has 1 aromatic carbocycles. The minimum absolute atomic E-state index is 0.000770. The molecular weight excluding hydrogens is 330 g/mol. The lowest BCUT2D eigenvalue weighted by atomic mass is 10.1. The first-order valence-electron chi connectivity index (χ1n) is 7.58. The fourth-order valence-corrected chi connectivity index (χ4v) is 2.62. The third-order valence-corrected chi connectivity index (χ3v) is 4.31. The molecule has 2 amide bonds. The normalized spacial score (nSPS) is 16.3. The number of anilines is 1. The zero-order valence-electron chi connectivity index (χ0n) is 12.8. The van der Waals surface area contributed by atoms with Gasteiger partial charge in [-0.3, -0.25) is 4.90 Å².